The Balaban J connectivity index is 1.71. The molecule has 0 saturated heterocycles. The molecule has 8 heteroatoms. The highest BCUT2D eigenvalue weighted by Gasteiger charge is 2.47. The molecule has 1 aliphatic carbocycles. The summed E-state index contributed by atoms with van der Waals surface area (Å²) in [6, 6.07) is 10.2. The number of allylic oxidation sites excluding steroid dienone is 1. The predicted molar refractivity (Wildman–Crippen MR) is 137 cm³/mol. The first kappa shape index (κ1) is 26.1. The van der Waals surface area contributed by atoms with E-state index in [0.717, 1.165) is 34.4 Å². The van der Waals surface area contributed by atoms with Gasteiger partial charge in [-0.2, -0.15) is 0 Å². The van der Waals surface area contributed by atoms with Crippen LogP contribution in [0.15, 0.2) is 58.3 Å². The highest BCUT2D eigenvalue weighted by atomic mass is 79.9. The molecule has 1 amide bonds. The van der Waals surface area contributed by atoms with Crippen LogP contribution in [0.3, 0.4) is 0 Å². The van der Waals surface area contributed by atoms with Gasteiger partial charge in [0.15, 0.2) is 0 Å². The quantitative estimate of drug-likeness (QED) is 0.410. The Bertz CT molecular complexity index is 1240. The normalized spacial score (nSPS) is 20.7. The number of aryl methyl sites for hydroxylation is 1. The van der Waals surface area contributed by atoms with Gasteiger partial charge in [0, 0.05) is 11.6 Å². The molecule has 2 aromatic carbocycles. The van der Waals surface area contributed by atoms with E-state index in [9.17, 15) is 18.4 Å². The number of amides is 1. The topological polar surface area (TPSA) is 64.6 Å². The summed E-state index contributed by atoms with van der Waals surface area (Å²) in [6.45, 7) is 7.95. The van der Waals surface area contributed by atoms with Gasteiger partial charge in [0.25, 0.3) is 0 Å². The number of hydrogen-bond donors (Lipinski definition) is 1. The van der Waals surface area contributed by atoms with Gasteiger partial charge in [0.05, 0.1) is 23.3 Å². The minimum absolute atomic E-state index is 0.0138. The number of esters is 1. The standard InChI is InChI=1S/C28H28BrF2NO4/c1-5-36-27(34)24-21(30)10-17(11-22(24)31)32-26(33)25-23-19(13-35-14-20(23)29)18(12-28(25,3)4)16-8-6-15(2)7-9-16/h6-11,14,18,25H,5,12-13H2,1-4H3,(H,32,33). The number of halogens is 3. The Hall–Kier alpha value is -3.00. The number of benzene rings is 2. The molecule has 2 unspecified atom stereocenters. The molecule has 0 bridgehead atoms. The Morgan fingerprint density at radius 1 is 1.17 bits per heavy atom. The first-order valence-electron chi connectivity index (χ1n) is 11.8. The number of hydrogen-bond acceptors (Lipinski definition) is 4. The van der Waals surface area contributed by atoms with E-state index in [1.54, 1.807) is 13.2 Å². The van der Waals surface area contributed by atoms with E-state index in [2.05, 4.69) is 45.5 Å². The van der Waals surface area contributed by atoms with Gasteiger partial charge in [0.1, 0.15) is 23.8 Å². The van der Waals surface area contributed by atoms with Crippen LogP contribution in [-0.2, 0) is 14.3 Å². The van der Waals surface area contributed by atoms with Crippen molar-refractivity contribution in [3.05, 3.63) is 86.6 Å². The van der Waals surface area contributed by atoms with Crippen LogP contribution in [0.25, 0.3) is 0 Å². The molecule has 2 aliphatic rings. The molecule has 4 rings (SSSR count). The van der Waals surface area contributed by atoms with Crippen LogP contribution in [0.4, 0.5) is 14.5 Å². The maximum Gasteiger partial charge on any atom is 0.344 e. The van der Waals surface area contributed by atoms with Crippen LogP contribution in [0, 0.1) is 29.9 Å². The Morgan fingerprint density at radius 3 is 2.42 bits per heavy atom. The van der Waals surface area contributed by atoms with E-state index in [1.807, 2.05) is 20.8 Å². The summed E-state index contributed by atoms with van der Waals surface area (Å²) < 4.78 is 40.3. The summed E-state index contributed by atoms with van der Waals surface area (Å²) in [5.41, 5.74) is 2.78. The van der Waals surface area contributed by atoms with Gasteiger partial charge >= 0.3 is 5.97 Å². The summed E-state index contributed by atoms with van der Waals surface area (Å²) in [6.07, 6.45) is 2.27. The Labute approximate surface area is 217 Å². The van der Waals surface area contributed by atoms with E-state index in [4.69, 9.17) is 9.47 Å². The van der Waals surface area contributed by atoms with Crippen molar-refractivity contribution in [2.24, 2.45) is 11.3 Å². The molecule has 5 nitrogen and oxygen atoms in total. The zero-order valence-corrected chi connectivity index (χ0v) is 22.2. The molecule has 0 aromatic heterocycles. The molecule has 0 spiro atoms. The highest BCUT2D eigenvalue weighted by molar-refractivity contribution is 9.12. The average Bonchev–Trinajstić information content (AvgIpc) is 2.79. The fourth-order valence-corrected chi connectivity index (χ4v) is 5.75. The van der Waals surface area contributed by atoms with Gasteiger partial charge in [-0.25, -0.2) is 13.6 Å². The smallest absolute Gasteiger partial charge is 0.344 e. The lowest BCUT2D eigenvalue weighted by atomic mass is 9.60. The number of nitrogens with one attached hydrogen (secondary N) is 1. The Morgan fingerprint density at radius 2 is 1.81 bits per heavy atom. The van der Waals surface area contributed by atoms with Gasteiger partial charge < -0.3 is 14.8 Å². The molecule has 1 N–H and O–H groups in total. The van der Waals surface area contributed by atoms with Crippen LogP contribution in [0.2, 0.25) is 0 Å². The van der Waals surface area contributed by atoms with Crippen molar-refractivity contribution in [1.82, 2.24) is 0 Å². The maximum absolute atomic E-state index is 14.6. The lowest BCUT2D eigenvalue weighted by Crippen LogP contribution is -2.43. The molecule has 0 radical (unpaired) electrons. The van der Waals surface area contributed by atoms with Crippen LogP contribution in [0.1, 0.15) is 54.6 Å². The largest absolute Gasteiger partial charge is 0.496 e. The number of anilines is 1. The molecular weight excluding hydrogens is 532 g/mol. The molecule has 0 saturated carbocycles. The van der Waals surface area contributed by atoms with Crippen molar-refractivity contribution in [1.29, 1.82) is 0 Å². The van der Waals surface area contributed by atoms with Gasteiger partial charge in [0.2, 0.25) is 5.91 Å². The molecule has 190 valence electrons. The number of carbonyl (C=O) groups is 2. The Kier molecular flexibility index (Phi) is 7.36. The minimum Gasteiger partial charge on any atom is -0.496 e. The molecule has 0 fully saturated rings. The molecule has 2 atom stereocenters. The van der Waals surface area contributed by atoms with Gasteiger partial charge in [-0.15, -0.1) is 0 Å². The predicted octanol–water partition coefficient (Wildman–Crippen LogP) is 6.78. The zero-order valence-electron chi connectivity index (χ0n) is 20.6. The monoisotopic (exact) mass is 559 g/mol. The van der Waals surface area contributed by atoms with Crippen molar-refractivity contribution >= 4 is 33.5 Å². The van der Waals surface area contributed by atoms with E-state index >= 15 is 0 Å². The molecule has 36 heavy (non-hydrogen) atoms. The molecule has 1 heterocycles. The van der Waals surface area contributed by atoms with E-state index in [1.165, 1.54) is 0 Å². The second-order valence-electron chi connectivity index (χ2n) is 9.83. The summed E-state index contributed by atoms with van der Waals surface area (Å²) in [7, 11) is 0. The number of rotatable bonds is 5. The lowest BCUT2D eigenvalue weighted by Gasteiger charge is -2.45. The first-order chi connectivity index (χ1) is 17.0. The van der Waals surface area contributed by atoms with Crippen molar-refractivity contribution in [2.75, 3.05) is 18.5 Å². The first-order valence-corrected chi connectivity index (χ1v) is 12.6. The van der Waals surface area contributed by atoms with Crippen LogP contribution in [0.5, 0.6) is 0 Å². The third-order valence-corrected chi connectivity index (χ3v) is 7.40. The van der Waals surface area contributed by atoms with Crippen LogP contribution >= 0.6 is 15.9 Å². The summed E-state index contributed by atoms with van der Waals surface area (Å²) >= 11 is 3.58. The van der Waals surface area contributed by atoms with Gasteiger partial charge in [-0.3, -0.25) is 4.79 Å². The van der Waals surface area contributed by atoms with Crippen molar-refractivity contribution < 1.29 is 27.8 Å². The second-order valence-corrected chi connectivity index (χ2v) is 10.7. The lowest BCUT2D eigenvalue weighted by molar-refractivity contribution is -0.122. The summed E-state index contributed by atoms with van der Waals surface area (Å²) in [4.78, 5) is 25.5. The van der Waals surface area contributed by atoms with Crippen molar-refractivity contribution in [3.63, 3.8) is 0 Å². The SMILES string of the molecule is CCOC(=O)c1c(F)cc(NC(=O)C2C3=C(COC=C3Br)C(c3ccc(C)cc3)CC2(C)C)cc1F. The minimum atomic E-state index is -1.10. The number of ether oxygens (including phenoxy) is 2. The molecule has 1 aliphatic heterocycles. The van der Waals surface area contributed by atoms with Crippen molar-refractivity contribution in [3.8, 4) is 0 Å². The van der Waals surface area contributed by atoms with Crippen LogP contribution in [-0.4, -0.2) is 25.1 Å². The average molecular weight is 560 g/mol. The van der Waals surface area contributed by atoms with E-state index in [-0.39, 0.29) is 18.2 Å². The molecular formula is C28H28BrF2NO4. The van der Waals surface area contributed by atoms with E-state index in [0.29, 0.717) is 17.5 Å². The molecule has 2 aromatic rings. The van der Waals surface area contributed by atoms with Gasteiger partial charge in [-0.05, 0) is 70.5 Å². The summed E-state index contributed by atoms with van der Waals surface area (Å²) in [5.74, 6) is -4.24. The van der Waals surface area contributed by atoms with Gasteiger partial charge in [-0.1, -0.05) is 43.7 Å². The fraction of sp³-hybridized carbons (Fsp3) is 0.357. The number of carbonyl (C=O) groups excluding carboxylic acids is 2. The van der Waals surface area contributed by atoms with E-state index < -0.39 is 40.4 Å². The second kappa shape index (κ2) is 10.2. The zero-order chi connectivity index (χ0) is 26.2. The van der Waals surface area contributed by atoms with Crippen LogP contribution < -0.4 is 5.32 Å². The fourth-order valence-electron chi connectivity index (χ4n) is 5.13. The maximum atomic E-state index is 14.6. The van der Waals surface area contributed by atoms with Crippen molar-refractivity contribution in [2.45, 2.75) is 40.0 Å². The third-order valence-electron chi connectivity index (χ3n) is 6.78. The third kappa shape index (κ3) is 4.96. The highest BCUT2D eigenvalue weighted by Crippen LogP contribution is 2.54. The summed E-state index contributed by atoms with van der Waals surface area (Å²) in [5, 5.41) is 2.67.